The molecule has 3 aromatic heterocycles. The van der Waals surface area contributed by atoms with Crippen molar-refractivity contribution in [1.82, 2.24) is 29.4 Å². The van der Waals surface area contributed by atoms with Crippen LogP contribution in [0.3, 0.4) is 0 Å². The zero-order chi connectivity index (χ0) is 27.7. The third kappa shape index (κ3) is 4.97. The van der Waals surface area contributed by atoms with Crippen molar-refractivity contribution in [2.45, 2.75) is 31.9 Å². The van der Waals surface area contributed by atoms with E-state index in [1.807, 2.05) is 0 Å². The summed E-state index contributed by atoms with van der Waals surface area (Å²) in [6.45, 7) is 1.79. The smallest absolute Gasteiger partial charge is 0.330 e. The minimum atomic E-state index is -1.03. The van der Waals surface area contributed by atoms with Gasteiger partial charge in [0, 0.05) is 17.7 Å². The summed E-state index contributed by atoms with van der Waals surface area (Å²) >= 11 is 1.18. The van der Waals surface area contributed by atoms with Gasteiger partial charge in [-0.1, -0.05) is 11.3 Å². The summed E-state index contributed by atoms with van der Waals surface area (Å²) in [5.74, 6) is -0.565. The van der Waals surface area contributed by atoms with E-state index in [0.717, 1.165) is 4.57 Å². The molecule has 206 valence electrons. The van der Waals surface area contributed by atoms with Crippen LogP contribution in [0.15, 0.2) is 40.2 Å². The molecule has 1 saturated heterocycles. The van der Waals surface area contributed by atoms with Gasteiger partial charge in [-0.3, -0.25) is 14.6 Å². The second kappa shape index (κ2) is 11.1. The molecule has 4 heterocycles. The van der Waals surface area contributed by atoms with E-state index in [4.69, 9.17) is 9.47 Å². The molecule has 2 atom stereocenters. The number of fused-ring (bicyclic) bond motifs is 1. The molecule has 1 amide bonds. The summed E-state index contributed by atoms with van der Waals surface area (Å²) in [6, 6.07) is 2.95. The molecule has 0 radical (unpaired) electrons. The van der Waals surface area contributed by atoms with Gasteiger partial charge in [-0.2, -0.15) is 10.2 Å². The highest BCUT2D eigenvalue weighted by molar-refractivity contribution is 7.21. The zero-order valence-electron chi connectivity index (χ0n) is 21.3. The van der Waals surface area contributed by atoms with E-state index in [0.29, 0.717) is 51.5 Å². The van der Waals surface area contributed by atoms with Crippen LogP contribution in [-0.4, -0.2) is 73.9 Å². The number of aliphatic hydroxyl groups excluding tert-OH is 1. The quantitative estimate of drug-likeness (QED) is 0.316. The monoisotopic (exact) mass is 558 g/mol. The fourth-order valence-electron chi connectivity index (χ4n) is 4.95. The maximum absolute atomic E-state index is 14.1. The fourth-order valence-corrected chi connectivity index (χ4v) is 6.05. The van der Waals surface area contributed by atoms with Crippen molar-refractivity contribution in [1.29, 1.82) is 0 Å². The van der Waals surface area contributed by atoms with Crippen LogP contribution in [0.4, 0.5) is 4.39 Å². The number of carbonyl (C=O) groups is 1. The summed E-state index contributed by atoms with van der Waals surface area (Å²) in [5.41, 5.74) is -0.280. The Labute approximate surface area is 225 Å². The molecule has 2 N–H and O–H groups in total. The summed E-state index contributed by atoms with van der Waals surface area (Å²) in [5, 5.41) is 18.4. The van der Waals surface area contributed by atoms with Gasteiger partial charge < -0.3 is 19.5 Å². The van der Waals surface area contributed by atoms with Crippen molar-refractivity contribution in [3.63, 3.8) is 0 Å². The maximum atomic E-state index is 14.1. The molecule has 12 nitrogen and oxygen atoms in total. The van der Waals surface area contributed by atoms with Gasteiger partial charge in [0.1, 0.15) is 33.5 Å². The second-order valence-electron chi connectivity index (χ2n) is 9.07. The number of hydrogen-bond acceptors (Lipinski definition) is 9. The first-order valence-electron chi connectivity index (χ1n) is 12.3. The van der Waals surface area contributed by atoms with E-state index in [1.165, 1.54) is 58.7 Å². The third-order valence-electron chi connectivity index (χ3n) is 6.74. The molecule has 39 heavy (non-hydrogen) atoms. The lowest BCUT2D eigenvalue weighted by molar-refractivity contribution is -0.140. The number of nitrogens with zero attached hydrogens (tertiary/aromatic N) is 5. The minimum absolute atomic E-state index is 0.0106. The van der Waals surface area contributed by atoms with Crippen LogP contribution in [0.25, 0.3) is 15.2 Å². The molecule has 5 rings (SSSR count). The number of H-pyrrole nitrogens is 1. The lowest BCUT2D eigenvalue weighted by atomic mass is 10.0. The van der Waals surface area contributed by atoms with E-state index in [1.54, 1.807) is 6.92 Å². The number of methoxy groups -OCH3 is 1. The van der Waals surface area contributed by atoms with Crippen LogP contribution in [0, 0.1) is 12.7 Å². The maximum Gasteiger partial charge on any atom is 0.330 e. The number of hydrogen-bond donors (Lipinski definition) is 2. The molecule has 1 aliphatic heterocycles. The van der Waals surface area contributed by atoms with Gasteiger partial charge in [0.2, 0.25) is 5.91 Å². The number of aromatic nitrogens is 5. The van der Waals surface area contributed by atoms with Crippen molar-refractivity contribution >= 4 is 27.5 Å². The molecule has 0 aliphatic carbocycles. The van der Waals surface area contributed by atoms with Crippen molar-refractivity contribution in [3.8, 4) is 10.8 Å². The SMILES string of the molecule is COc1ccc(F)cc1[C@H](CN1CCCC(n2c(=O)[nH]c3sc(-n4nccn4)c(C)c3c2=O)C1=O)OCCO. The molecule has 1 unspecified atom stereocenters. The summed E-state index contributed by atoms with van der Waals surface area (Å²) in [4.78, 5) is 46.4. The molecule has 0 bridgehead atoms. The number of aliphatic hydroxyl groups is 1. The zero-order valence-corrected chi connectivity index (χ0v) is 22.1. The Morgan fingerprint density at radius 3 is 2.74 bits per heavy atom. The number of rotatable bonds is 9. The first kappa shape index (κ1) is 26.7. The van der Waals surface area contributed by atoms with E-state index in [-0.39, 0.29) is 19.8 Å². The number of carbonyl (C=O) groups excluding carboxylic acids is 1. The highest BCUT2D eigenvalue weighted by Gasteiger charge is 2.35. The van der Waals surface area contributed by atoms with E-state index < -0.39 is 35.1 Å². The number of piperidine rings is 1. The molecule has 0 saturated carbocycles. The number of ether oxygens (including phenoxy) is 2. The molecule has 1 aliphatic rings. The number of aromatic amines is 1. The number of likely N-dealkylation sites (tertiary alicyclic amines) is 1. The first-order chi connectivity index (χ1) is 18.8. The highest BCUT2D eigenvalue weighted by atomic mass is 32.1. The van der Waals surface area contributed by atoms with Gasteiger partial charge in [0.05, 0.1) is 44.6 Å². The largest absolute Gasteiger partial charge is 0.496 e. The number of thiophene rings is 1. The van der Waals surface area contributed by atoms with Crippen LogP contribution in [0.1, 0.15) is 36.1 Å². The van der Waals surface area contributed by atoms with Crippen molar-refractivity contribution in [2.75, 3.05) is 33.4 Å². The van der Waals surface area contributed by atoms with Crippen LogP contribution in [0.5, 0.6) is 5.75 Å². The molecule has 1 fully saturated rings. The molecule has 0 spiro atoms. The van der Waals surface area contributed by atoms with Crippen LogP contribution >= 0.6 is 11.3 Å². The Morgan fingerprint density at radius 1 is 1.26 bits per heavy atom. The van der Waals surface area contributed by atoms with Crippen molar-refractivity contribution in [2.24, 2.45) is 0 Å². The van der Waals surface area contributed by atoms with E-state index in [9.17, 15) is 23.9 Å². The van der Waals surface area contributed by atoms with E-state index in [2.05, 4.69) is 15.2 Å². The molecule has 4 aromatic rings. The number of amides is 1. The normalized spacial score (nSPS) is 16.7. The predicted molar refractivity (Wildman–Crippen MR) is 140 cm³/mol. The van der Waals surface area contributed by atoms with Gasteiger partial charge >= 0.3 is 5.69 Å². The first-order valence-corrected chi connectivity index (χ1v) is 13.1. The van der Waals surface area contributed by atoms with Crippen LogP contribution in [0.2, 0.25) is 0 Å². The van der Waals surface area contributed by atoms with Gasteiger partial charge in [-0.25, -0.2) is 13.8 Å². The Hall–Kier alpha value is -3.88. The van der Waals surface area contributed by atoms with Crippen LogP contribution < -0.4 is 16.0 Å². The molecular weight excluding hydrogens is 531 g/mol. The standard InChI is InChI=1S/C25H27FN6O6S/c1-14-20-21(39-24(14)32-27-7-8-28-32)29-25(36)31(23(20)35)17-4-3-9-30(22(17)34)13-19(38-11-10-33)16-12-15(26)5-6-18(16)37-2/h5-8,12,17,19,33H,3-4,9-11,13H2,1-2H3,(H,29,36)/t17?,19-/m0/s1. The highest BCUT2D eigenvalue weighted by Crippen LogP contribution is 2.32. The van der Waals surface area contributed by atoms with Crippen molar-refractivity contribution in [3.05, 3.63) is 68.4 Å². The summed E-state index contributed by atoms with van der Waals surface area (Å²) < 4.78 is 26.2. The average molecular weight is 559 g/mol. The lowest BCUT2D eigenvalue weighted by Crippen LogP contribution is -2.50. The number of halogens is 1. The van der Waals surface area contributed by atoms with Gasteiger partial charge in [-0.05, 0) is 38.0 Å². The van der Waals surface area contributed by atoms with Crippen molar-refractivity contribution < 1.29 is 23.8 Å². The molecule has 1 aromatic carbocycles. The molecular formula is C25H27FN6O6S. The minimum Gasteiger partial charge on any atom is -0.496 e. The third-order valence-corrected chi connectivity index (χ3v) is 7.92. The Bertz CT molecular complexity index is 1610. The average Bonchev–Trinajstić information content (AvgIpc) is 3.56. The second-order valence-corrected chi connectivity index (χ2v) is 10.1. The van der Waals surface area contributed by atoms with Crippen LogP contribution in [-0.2, 0) is 9.53 Å². The lowest BCUT2D eigenvalue weighted by Gasteiger charge is -2.35. The molecule has 14 heteroatoms. The topological polar surface area (TPSA) is 145 Å². The fraction of sp³-hybridized carbons (Fsp3) is 0.400. The van der Waals surface area contributed by atoms with E-state index >= 15 is 0 Å². The summed E-state index contributed by atoms with van der Waals surface area (Å²) in [7, 11) is 1.44. The Morgan fingerprint density at radius 2 is 2.03 bits per heavy atom. The summed E-state index contributed by atoms with van der Waals surface area (Å²) in [6.07, 6.45) is 3.03. The van der Waals surface area contributed by atoms with Gasteiger partial charge in [0.25, 0.3) is 5.56 Å². The number of nitrogens with one attached hydrogen (secondary N) is 1. The number of aryl methyl sites for hydroxylation is 1. The number of benzene rings is 1. The Balaban J connectivity index is 1.49. The van der Waals surface area contributed by atoms with Gasteiger partial charge in [-0.15, -0.1) is 4.80 Å². The predicted octanol–water partition coefficient (Wildman–Crippen LogP) is 1.70. The Kier molecular flexibility index (Phi) is 7.59. The van der Waals surface area contributed by atoms with Gasteiger partial charge in [0.15, 0.2) is 0 Å².